The first-order chi connectivity index (χ1) is 9.35. The van der Waals surface area contributed by atoms with E-state index in [1.165, 1.54) is 12.8 Å². The third kappa shape index (κ3) is 1.99. The van der Waals surface area contributed by atoms with Gasteiger partial charge in [0.2, 0.25) is 5.95 Å². The molecule has 0 unspecified atom stereocenters. The summed E-state index contributed by atoms with van der Waals surface area (Å²) in [5, 5.41) is 8.43. The van der Waals surface area contributed by atoms with Crippen LogP contribution in [0.1, 0.15) is 37.7 Å². The maximum absolute atomic E-state index is 5.71. The zero-order chi connectivity index (χ0) is 13.2. The van der Waals surface area contributed by atoms with Crippen LogP contribution < -0.4 is 10.6 Å². The lowest BCUT2D eigenvalue weighted by molar-refractivity contribution is 0.650. The first-order valence-electron chi connectivity index (χ1n) is 6.77. The summed E-state index contributed by atoms with van der Waals surface area (Å²) in [6, 6.07) is 0. The Bertz CT molecular complexity index is 556. The second-order valence-electron chi connectivity index (χ2n) is 4.77. The lowest BCUT2D eigenvalue weighted by Gasteiger charge is -2.27. The van der Waals surface area contributed by atoms with E-state index in [0.29, 0.717) is 13.1 Å². The molecule has 0 atom stereocenters. The number of imidazole rings is 1. The van der Waals surface area contributed by atoms with Crippen LogP contribution in [0.3, 0.4) is 0 Å². The van der Waals surface area contributed by atoms with E-state index in [4.69, 9.17) is 5.73 Å². The zero-order valence-corrected chi connectivity index (χ0v) is 11.1. The van der Waals surface area contributed by atoms with Crippen molar-refractivity contribution in [3.8, 4) is 0 Å². The number of nitrogens with one attached hydrogen (secondary N) is 1. The fourth-order valence-corrected chi connectivity index (χ4v) is 2.48. The average molecular weight is 261 g/mol. The molecule has 7 nitrogen and oxygen atoms in total. The molecule has 3 heterocycles. The van der Waals surface area contributed by atoms with Crippen molar-refractivity contribution < 1.29 is 0 Å². The minimum absolute atomic E-state index is 0.402. The van der Waals surface area contributed by atoms with Crippen LogP contribution in [0.5, 0.6) is 0 Å². The van der Waals surface area contributed by atoms with Crippen molar-refractivity contribution >= 4 is 11.8 Å². The highest BCUT2D eigenvalue weighted by Crippen LogP contribution is 2.31. The SMILES string of the molecule is CCCCCN1c2nc[nH]c2Cn2c(CN)nnc21. The van der Waals surface area contributed by atoms with Crippen LogP contribution in [-0.4, -0.2) is 31.3 Å². The van der Waals surface area contributed by atoms with Crippen LogP contribution in [-0.2, 0) is 13.1 Å². The third-order valence-corrected chi connectivity index (χ3v) is 3.48. The molecule has 0 saturated heterocycles. The average Bonchev–Trinajstić information content (AvgIpc) is 3.04. The van der Waals surface area contributed by atoms with Crippen LogP contribution in [0.2, 0.25) is 0 Å². The molecule has 1 aliphatic heterocycles. The Hall–Kier alpha value is -1.89. The van der Waals surface area contributed by atoms with E-state index in [2.05, 4.69) is 36.6 Å². The number of fused-ring (bicyclic) bond motifs is 2. The Morgan fingerprint density at radius 1 is 1.37 bits per heavy atom. The van der Waals surface area contributed by atoms with Crippen molar-refractivity contribution in [2.45, 2.75) is 39.3 Å². The fraction of sp³-hybridized carbons (Fsp3) is 0.583. The molecule has 0 aliphatic carbocycles. The van der Waals surface area contributed by atoms with Gasteiger partial charge in [0.15, 0.2) is 5.82 Å². The number of rotatable bonds is 5. The molecule has 2 aromatic rings. The first kappa shape index (κ1) is 12.2. The second-order valence-corrected chi connectivity index (χ2v) is 4.77. The molecule has 2 aromatic heterocycles. The maximum atomic E-state index is 5.71. The summed E-state index contributed by atoms with van der Waals surface area (Å²) in [5.41, 5.74) is 6.81. The van der Waals surface area contributed by atoms with E-state index < -0.39 is 0 Å². The number of anilines is 2. The molecule has 0 bridgehead atoms. The quantitative estimate of drug-likeness (QED) is 0.788. The third-order valence-electron chi connectivity index (χ3n) is 3.48. The Labute approximate surface area is 111 Å². The van der Waals surface area contributed by atoms with Crippen LogP contribution in [0.25, 0.3) is 0 Å². The monoisotopic (exact) mass is 261 g/mol. The highest BCUT2D eigenvalue weighted by Gasteiger charge is 2.28. The summed E-state index contributed by atoms with van der Waals surface area (Å²) < 4.78 is 2.06. The van der Waals surface area contributed by atoms with Gasteiger partial charge in [-0.05, 0) is 6.42 Å². The van der Waals surface area contributed by atoms with Gasteiger partial charge in [-0.25, -0.2) is 4.98 Å². The standard InChI is InChI=1S/C12H19N7/c1-2-3-4-5-18-11-9(14-8-15-11)7-19-10(6-13)16-17-12(18)19/h8H,2-7,13H2,1H3,(H,14,15). The smallest absolute Gasteiger partial charge is 0.233 e. The molecule has 3 rings (SSSR count). The van der Waals surface area contributed by atoms with Gasteiger partial charge < -0.3 is 10.7 Å². The number of nitrogens with zero attached hydrogens (tertiary/aromatic N) is 5. The van der Waals surface area contributed by atoms with Crippen molar-refractivity contribution in [1.29, 1.82) is 0 Å². The van der Waals surface area contributed by atoms with Crippen LogP contribution in [0.15, 0.2) is 6.33 Å². The van der Waals surface area contributed by atoms with Crippen molar-refractivity contribution in [2.75, 3.05) is 11.4 Å². The largest absolute Gasteiger partial charge is 0.345 e. The molecule has 3 N–H and O–H groups in total. The van der Waals surface area contributed by atoms with Crippen molar-refractivity contribution in [3.63, 3.8) is 0 Å². The zero-order valence-electron chi connectivity index (χ0n) is 11.1. The summed E-state index contributed by atoms with van der Waals surface area (Å²) in [7, 11) is 0. The Morgan fingerprint density at radius 3 is 3.05 bits per heavy atom. The molecule has 19 heavy (non-hydrogen) atoms. The summed E-state index contributed by atoms with van der Waals surface area (Å²) in [4.78, 5) is 9.73. The molecule has 0 saturated carbocycles. The minimum Gasteiger partial charge on any atom is -0.345 e. The lowest BCUT2D eigenvalue weighted by atomic mass is 10.2. The van der Waals surface area contributed by atoms with Crippen LogP contribution in [0.4, 0.5) is 11.8 Å². The van der Waals surface area contributed by atoms with Gasteiger partial charge in [-0.15, -0.1) is 10.2 Å². The van der Waals surface area contributed by atoms with Crippen molar-refractivity contribution in [1.82, 2.24) is 24.7 Å². The van der Waals surface area contributed by atoms with E-state index in [1.54, 1.807) is 6.33 Å². The van der Waals surface area contributed by atoms with Crippen molar-refractivity contribution in [2.24, 2.45) is 5.73 Å². The van der Waals surface area contributed by atoms with Gasteiger partial charge in [-0.1, -0.05) is 19.8 Å². The van der Waals surface area contributed by atoms with Gasteiger partial charge in [0, 0.05) is 6.54 Å². The Balaban J connectivity index is 1.93. The van der Waals surface area contributed by atoms with E-state index in [9.17, 15) is 0 Å². The number of hydrogen-bond acceptors (Lipinski definition) is 5. The molecule has 102 valence electrons. The molecule has 0 amide bonds. The van der Waals surface area contributed by atoms with Gasteiger partial charge in [0.1, 0.15) is 5.82 Å². The van der Waals surface area contributed by atoms with Gasteiger partial charge in [-0.3, -0.25) is 9.47 Å². The maximum Gasteiger partial charge on any atom is 0.233 e. The van der Waals surface area contributed by atoms with Gasteiger partial charge >= 0.3 is 0 Å². The number of unbranched alkanes of at least 4 members (excludes halogenated alkanes) is 2. The molecule has 0 spiro atoms. The molecule has 7 heteroatoms. The van der Waals surface area contributed by atoms with E-state index in [-0.39, 0.29) is 0 Å². The lowest BCUT2D eigenvalue weighted by Crippen LogP contribution is -2.29. The highest BCUT2D eigenvalue weighted by atomic mass is 15.4. The van der Waals surface area contributed by atoms with Gasteiger partial charge in [-0.2, -0.15) is 0 Å². The number of nitrogens with two attached hydrogens (primary N) is 1. The van der Waals surface area contributed by atoms with E-state index in [1.807, 2.05) is 0 Å². The first-order valence-corrected chi connectivity index (χ1v) is 6.77. The van der Waals surface area contributed by atoms with Gasteiger partial charge in [0.05, 0.1) is 25.1 Å². The molecular weight excluding hydrogens is 242 g/mol. The molecular formula is C12H19N7. The topological polar surface area (TPSA) is 88.7 Å². The number of hydrogen-bond donors (Lipinski definition) is 2. The molecule has 1 aliphatic rings. The summed E-state index contributed by atoms with van der Waals surface area (Å²) >= 11 is 0. The summed E-state index contributed by atoms with van der Waals surface area (Å²) in [5.74, 6) is 2.64. The van der Waals surface area contributed by atoms with Crippen LogP contribution >= 0.6 is 0 Å². The normalized spacial score (nSPS) is 13.5. The number of H-pyrrole nitrogens is 1. The van der Waals surface area contributed by atoms with Gasteiger partial charge in [0.25, 0.3) is 0 Å². The number of aromatic amines is 1. The summed E-state index contributed by atoms with van der Waals surface area (Å²) in [6.07, 6.45) is 5.25. The highest BCUT2D eigenvalue weighted by molar-refractivity contribution is 5.58. The fourth-order valence-electron chi connectivity index (χ4n) is 2.48. The molecule has 0 fully saturated rings. The molecule has 0 aromatic carbocycles. The predicted octanol–water partition coefficient (Wildman–Crippen LogP) is 1.15. The Kier molecular flexibility index (Phi) is 3.20. The van der Waals surface area contributed by atoms with E-state index in [0.717, 1.165) is 36.3 Å². The minimum atomic E-state index is 0.402. The number of aromatic nitrogens is 5. The summed E-state index contributed by atoms with van der Waals surface area (Å²) in [6.45, 7) is 4.23. The molecule has 0 radical (unpaired) electrons. The predicted molar refractivity (Wildman–Crippen MR) is 72.1 cm³/mol. The second kappa shape index (κ2) is 5.00. The Morgan fingerprint density at radius 2 is 2.26 bits per heavy atom. The van der Waals surface area contributed by atoms with E-state index >= 15 is 0 Å². The van der Waals surface area contributed by atoms with Crippen molar-refractivity contribution in [3.05, 3.63) is 17.8 Å². The van der Waals surface area contributed by atoms with Crippen LogP contribution in [0, 0.1) is 0 Å².